The topological polar surface area (TPSA) is 84.5 Å². The fraction of sp³-hybridized carbons (Fsp3) is 0.0952. The van der Waals surface area contributed by atoms with Gasteiger partial charge in [0, 0.05) is 17.8 Å². The molecule has 0 aliphatic heterocycles. The Morgan fingerprint density at radius 2 is 1.58 bits per heavy atom. The summed E-state index contributed by atoms with van der Waals surface area (Å²) in [6.45, 7) is 0.0892. The summed E-state index contributed by atoms with van der Waals surface area (Å²) in [5, 5.41) is 2.49. The zero-order chi connectivity index (χ0) is 22.5. The third-order valence-electron chi connectivity index (χ3n) is 4.06. The Labute approximate surface area is 176 Å². The van der Waals surface area contributed by atoms with Gasteiger partial charge in [-0.3, -0.25) is 4.79 Å². The van der Waals surface area contributed by atoms with E-state index in [9.17, 15) is 26.4 Å². The van der Waals surface area contributed by atoms with Crippen LogP contribution in [0.3, 0.4) is 0 Å². The summed E-state index contributed by atoms with van der Waals surface area (Å²) >= 11 is 0. The number of nitrogens with one attached hydrogen (secondary N) is 2. The minimum Gasteiger partial charge on any atom is -0.406 e. The summed E-state index contributed by atoms with van der Waals surface area (Å²) in [5.41, 5.74) is 1.06. The average molecular weight is 450 g/mol. The van der Waals surface area contributed by atoms with Crippen LogP contribution in [0.25, 0.3) is 0 Å². The van der Waals surface area contributed by atoms with Gasteiger partial charge in [0.25, 0.3) is 5.91 Å². The standard InChI is InChI=1S/C21H17F3N2O4S/c22-21(23,24)30-18-11-9-17(10-12-18)26-20(27)16-7-4-8-19(13-16)31(28,29)25-14-15-5-2-1-3-6-15/h1-13,25H,14H2,(H,26,27). The number of hydrogen-bond acceptors (Lipinski definition) is 4. The number of rotatable bonds is 7. The van der Waals surface area contributed by atoms with Gasteiger partial charge in [-0.05, 0) is 48.0 Å². The molecule has 3 aromatic rings. The number of sulfonamides is 1. The van der Waals surface area contributed by atoms with Gasteiger partial charge < -0.3 is 10.1 Å². The lowest BCUT2D eigenvalue weighted by molar-refractivity contribution is -0.274. The van der Waals surface area contributed by atoms with Gasteiger partial charge in [0.15, 0.2) is 0 Å². The highest BCUT2D eigenvalue weighted by Crippen LogP contribution is 2.24. The summed E-state index contributed by atoms with van der Waals surface area (Å²) in [6, 6.07) is 18.9. The van der Waals surface area contributed by atoms with Gasteiger partial charge in [0.1, 0.15) is 5.75 Å². The van der Waals surface area contributed by atoms with E-state index >= 15 is 0 Å². The van der Waals surface area contributed by atoms with Gasteiger partial charge in [0.2, 0.25) is 10.0 Å². The molecule has 3 aromatic carbocycles. The minimum absolute atomic E-state index is 0.0678. The van der Waals surface area contributed by atoms with Crippen LogP contribution in [0.1, 0.15) is 15.9 Å². The molecule has 31 heavy (non-hydrogen) atoms. The van der Waals surface area contributed by atoms with Crippen LogP contribution in [-0.4, -0.2) is 20.7 Å². The highest BCUT2D eigenvalue weighted by atomic mass is 32.2. The average Bonchev–Trinajstić information content (AvgIpc) is 2.73. The lowest BCUT2D eigenvalue weighted by Gasteiger charge is -2.11. The predicted molar refractivity (Wildman–Crippen MR) is 108 cm³/mol. The van der Waals surface area contributed by atoms with Gasteiger partial charge in [-0.15, -0.1) is 13.2 Å². The Morgan fingerprint density at radius 3 is 2.23 bits per heavy atom. The smallest absolute Gasteiger partial charge is 0.406 e. The Kier molecular flexibility index (Phi) is 6.62. The Bertz CT molecular complexity index is 1150. The Morgan fingerprint density at radius 1 is 0.903 bits per heavy atom. The molecule has 0 radical (unpaired) electrons. The SMILES string of the molecule is O=C(Nc1ccc(OC(F)(F)F)cc1)c1cccc(S(=O)(=O)NCc2ccccc2)c1. The maximum Gasteiger partial charge on any atom is 0.573 e. The molecule has 0 unspecified atom stereocenters. The second kappa shape index (κ2) is 9.19. The van der Waals surface area contributed by atoms with Crippen molar-refractivity contribution in [3.63, 3.8) is 0 Å². The first kappa shape index (κ1) is 22.3. The van der Waals surface area contributed by atoms with Crippen LogP contribution in [0.5, 0.6) is 5.75 Å². The predicted octanol–water partition coefficient (Wildman–Crippen LogP) is 4.32. The van der Waals surface area contributed by atoms with Crippen molar-refractivity contribution in [1.29, 1.82) is 0 Å². The van der Waals surface area contributed by atoms with Gasteiger partial charge in [0.05, 0.1) is 4.90 Å². The Balaban J connectivity index is 1.68. The van der Waals surface area contributed by atoms with Gasteiger partial charge in [-0.2, -0.15) is 0 Å². The lowest BCUT2D eigenvalue weighted by atomic mass is 10.2. The van der Waals surface area contributed by atoms with Crippen LogP contribution in [-0.2, 0) is 16.6 Å². The molecule has 1 amide bonds. The van der Waals surface area contributed by atoms with E-state index in [2.05, 4.69) is 14.8 Å². The van der Waals surface area contributed by atoms with E-state index in [4.69, 9.17) is 0 Å². The summed E-state index contributed by atoms with van der Waals surface area (Å²) in [6.07, 6.45) is -4.81. The maximum atomic E-state index is 12.5. The van der Waals surface area contributed by atoms with Gasteiger partial charge in [-0.25, -0.2) is 13.1 Å². The summed E-state index contributed by atoms with van der Waals surface area (Å²) in [4.78, 5) is 12.4. The number of amides is 1. The number of hydrogen-bond donors (Lipinski definition) is 2. The molecule has 0 fully saturated rings. The van der Waals surface area contributed by atoms with E-state index in [1.54, 1.807) is 24.3 Å². The maximum absolute atomic E-state index is 12.5. The first-order valence-electron chi connectivity index (χ1n) is 8.93. The largest absolute Gasteiger partial charge is 0.573 e. The molecule has 0 atom stereocenters. The number of anilines is 1. The van der Waals surface area contributed by atoms with Crippen molar-refractivity contribution in [2.24, 2.45) is 0 Å². The monoisotopic (exact) mass is 450 g/mol. The molecule has 0 spiro atoms. The van der Waals surface area contributed by atoms with E-state index in [-0.39, 0.29) is 22.7 Å². The van der Waals surface area contributed by atoms with Crippen molar-refractivity contribution in [3.05, 3.63) is 90.0 Å². The van der Waals surface area contributed by atoms with Gasteiger partial charge >= 0.3 is 6.36 Å². The van der Waals surface area contributed by atoms with Crippen molar-refractivity contribution in [3.8, 4) is 5.75 Å². The van der Waals surface area contributed by atoms with Gasteiger partial charge in [-0.1, -0.05) is 36.4 Å². The van der Waals surface area contributed by atoms with Crippen molar-refractivity contribution < 1.29 is 31.1 Å². The van der Waals surface area contributed by atoms with Crippen molar-refractivity contribution in [2.75, 3.05) is 5.32 Å². The second-order valence-corrected chi connectivity index (χ2v) is 8.13. The fourth-order valence-corrected chi connectivity index (χ4v) is 3.67. The molecule has 162 valence electrons. The van der Waals surface area contributed by atoms with Crippen LogP contribution in [0, 0.1) is 0 Å². The molecule has 0 saturated heterocycles. The second-order valence-electron chi connectivity index (χ2n) is 6.36. The highest BCUT2D eigenvalue weighted by molar-refractivity contribution is 7.89. The van der Waals surface area contributed by atoms with Crippen LogP contribution in [0.4, 0.5) is 18.9 Å². The van der Waals surface area contributed by atoms with Crippen molar-refractivity contribution in [1.82, 2.24) is 4.72 Å². The van der Waals surface area contributed by atoms with Crippen LogP contribution < -0.4 is 14.8 Å². The van der Waals surface area contributed by atoms with E-state index in [0.29, 0.717) is 0 Å². The molecule has 0 bridgehead atoms. The third-order valence-corrected chi connectivity index (χ3v) is 5.46. The number of alkyl halides is 3. The van der Waals surface area contributed by atoms with Crippen LogP contribution in [0.15, 0.2) is 83.8 Å². The zero-order valence-corrected chi connectivity index (χ0v) is 16.7. The zero-order valence-electron chi connectivity index (χ0n) is 15.9. The Hall–Kier alpha value is -3.37. The first-order chi connectivity index (χ1) is 14.6. The minimum atomic E-state index is -4.81. The molecular weight excluding hydrogens is 433 g/mol. The number of carbonyl (C=O) groups excluding carboxylic acids is 1. The first-order valence-corrected chi connectivity index (χ1v) is 10.4. The third kappa shape index (κ3) is 6.56. The van der Waals surface area contributed by atoms with E-state index in [1.807, 2.05) is 6.07 Å². The number of benzene rings is 3. The highest BCUT2D eigenvalue weighted by Gasteiger charge is 2.31. The fourth-order valence-electron chi connectivity index (χ4n) is 2.61. The molecule has 6 nitrogen and oxygen atoms in total. The van der Waals surface area contributed by atoms with E-state index in [1.165, 1.54) is 36.4 Å². The molecule has 2 N–H and O–H groups in total. The summed E-state index contributed by atoms with van der Waals surface area (Å²) < 4.78 is 68.0. The molecule has 0 aliphatic carbocycles. The van der Waals surface area contributed by atoms with Crippen molar-refractivity contribution >= 4 is 21.6 Å². The molecule has 0 heterocycles. The lowest BCUT2D eigenvalue weighted by Crippen LogP contribution is -2.23. The molecule has 10 heteroatoms. The number of carbonyl (C=O) groups is 1. The normalized spacial score (nSPS) is 11.7. The van der Waals surface area contributed by atoms with E-state index < -0.39 is 28.0 Å². The molecular formula is C21H17F3N2O4S. The number of ether oxygens (including phenoxy) is 1. The molecule has 0 saturated carbocycles. The summed E-state index contributed by atoms with van der Waals surface area (Å²) in [5.74, 6) is -1.05. The van der Waals surface area contributed by atoms with Crippen LogP contribution in [0.2, 0.25) is 0 Å². The summed E-state index contributed by atoms with van der Waals surface area (Å²) in [7, 11) is -3.86. The van der Waals surface area contributed by atoms with Crippen molar-refractivity contribution in [2.45, 2.75) is 17.8 Å². The van der Waals surface area contributed by atoms with Crippen LogP contribution >= 0.6 is 0 Å². The van der Waals surface area contributed by atoms with E-state index in [0.717, 1.165) is 17.7 Å². The quantitative estimate of drug-likeness (QED) is 0.562. The number of halogens is 3. The molecule has 0 aromatic heterocycles. The molecule has 0 aliphatic rings. The molecule has 3 rings (SSSR count).